The van der Waals surface area contributed by atoms with E-state index < -0.39 is 0 Å². The van der Waals surface area contributed by atoms with Crippen molar-refractivity contribution in [2.75, 3.05) is 27.4 Å². The zero-order chi connectivity index (χ0) is 27.6. The van der Waals surface area contributed by atoms with Gasteiger partial charge in [-0.15, -0.1) is 0 Å². The van der Waals surface area contributed by atoms with Crippen LogP contribution in [0.1, 0.15) is 61.3 Å². The van der Waals surface area contributed by atoms with Crippen molar-refractivity contribution in [2.24, 2.45) is 23.2 Å². The van der Waals surface area contributed by atoms with E-state index in [9.17, 15) is 9.59 Å². The lowest BCUT2D eigenvalue weighted by Gasteiger charge is -2.57. The molecule has 4 saturated carbocycles. The van der Waals surface area contributed by atoms with Crippen LogP contribution in [0.15, 0.2) is 45.6 Å². The Kier molecular flexibility index (Phi) is 6.09. The molecule has 1 unspecified atom stereocenters. The largest absolute Gasteiger partial charge is 0.493 e. The number of nitrogens with zero attached hydrogens (tertiary/aromatic N) is 1. The van der Waals surface area contributed by atoms with Gasteiger partial charge in [0.2, 0.25) is 5.91 Å². The van der Waals surface area contributed by atoms with Crippen LogP contribution in [0.5, 0.6) is 17.2 Å². The maximum absolute atomic E-state index is 14.6. The maximum atomic E-state index is 14.6. The molecule has 4 bridgehead atoms. The molecule has 2 heterocycles. The Morgan fingerprint density at radius 3 is 2.33 bits per heavy atom. The first-order valence-electron chi connectivity index (χ1n) is 14.6. The van der Waals surface area contributed by atoms with Crippen molar-refractivity contribution >= 4 is 16.9 Å². The lowest BCUT2D eigenvalue weighted by molar-refractivity contribution is -0.161. The Bertz CT molecular complexity index is 1500. The van der Waals surface area contributed by atoms with Crippen molar-refractivity contribution in [3.8, 4) is 17.2 Å². The molecule has 1 amide bonds. The Morgan fingerprint density at radius 1 is 0.975 bits per heavy atom. The van der Waals surface area contributed by atoms with E-state index in [2.05, 4.69) is 4.90 Å². The predicted octanol–water partition coefficient (Wildman–Crippen LogP) is 5.84. The molecule has 4 aliphatic carbocycles. The average molecular weight is 544 g/mol. The van der Waals surface area contributed by atoms with Crippen LogP contribution >= 0.6 is 0 Å². The summed E-state index contributed by atoms with van der Waals surface area (Å²) in [4.78, 5) is 28.7. The number of aryl methyl sites for hydroxylation is 1. The zero-order valence-corrected chi connectivity index (χ0v) is 23.5. The van der Waals surface area contributed by atoms with Gasteiger partial charge in [0, 0.05) is 24.1 Å². The number of ether oxygens (including phenoxy) is 3. The topological polar surface area (TPSA) is 78.2 Å². The predicted molar refractivity (Wildman–Crippen MR) is 151 cm³/mol. The minimum Gasteiger partial charge on any atom is -0.493 e. The second-order valence-corrected chi connectivity index (χ2v) is 12.6. The monoisotopic (exact) mass is 543 g/mol. The third kappa shape index (κ3) is 4.16. The van der Waals surface area contributed by atoms with Crippen molar-refractivity contribution in [1.29, 1.82) is 0 Å². The second-order valence-electron chi connectivity index (χ2n) is 12.6. The molecule has 0 N–H and O–H groups in total. The minimum atomic E-state index is -0.378. The van der Waals surface area contributed by atoms with Crippen molar-refractivity contribution in [3.63, 3.8) is 0 Å². The molecule has 2 aromatic carbocycles. The molecule has 210 valence electrons. The second kappa shape index (κ2) is 9.57. The third-order valence-corrected chi connectivity index (χ3v) is 10.1. The quantitative estimate of drug-likeness (QED) is 0.364. The minimum absolute atomic E-state index is 0.231. The standard InChI is InChI=1S/C33H37NO6/c1-19-8-31(35)40-28-13-24(4-5-25(19)28)39-18-27-26-14-30(38-3)29(37-2)12-23(26)6-7-34(27)32(36)33-15-20-9-21(16-33)11-22(10-20)17-33/h4-5,8,12-14,20-22,27H,6-7,9-11,15-18H2,1-3H3. The van der Waals surface area contributed by atoms with Crippen LogP contribution in [0, 0.1) is 30.1 Å². The molecular weight excluding hydrogens is 506 g/mol. The van der Waals surface area contributed by atoms with Crippen LogP contribution in [0.25, 0.3) is 11.0 Å². The number of amides is 1. The number of hydrogen-bond acceptors (Lipinski definition) is 6. The number of methoxy groups -OCH3 is 2. The first-order chi connectivity index (χ1) is 19.4. The summed E-state index contributed by atoms with van der Waals surface area (Å²) in [5, 5.41) is 0.880. The molecule has 7 heteroatoms. The van der Waals surface area contributed by atoms with Gasteiger partial charge in [0.05, 0.1) is 25.7 Å². The highest BCUT2D eigenvalue weighted by Crippen LogP contribution is 2.61. The van der Waals surface area contributed by atoms with Crippen LogP contribution < -0.4 is 19.8 Å². The summed E-state index contributed by atoms with van der Waals surface area (Å²) < 4.78 is 23.1. The third-order valence-electron chi connectivity index (χ3n) is 10.1. The summed E-state index contributed by atoms with van der Waals surface area (Å²) in [6, 6.07) is 10.9. The van der Waals surface area contributed by atoms with Crippen LogP contribution in [0.3, 0.4) is 0 Å². The van der Waals surface area contributed by atoms with Gasteiger partial charge in [0.25, 0.3) is 0 Å². The van der Waals surface area contributed by atoms with E-state index in [-0.39, 0.29) is 17.1 Å². The van der Waals surface area contributed by atoms with Crippen molar-refractivity contribution < 1.29 is 23.4 Å². The summed E-state index contributed by atoms with van der Waals surface area (Å²) in [5.41, 5.74) is 2.96. The SMILES string of the molecule is COc1cc2c(cc1OC)C(COc1ccc3c(C)cc(=O)oc3c1)N(C(=O)C13CC4CC(CC(C4)C1)C3)CC2. The van der Waals surface area contributed by atoms with E-state index >= 15 is 0 Å². The fourth-order valence-corrected chi connectivity index (χ4v) is 8.70. The molecule has 1 aromatic heterocycles. The highest BCUT2D eigenvalue weighted by atomic mass is 16.5. The first kappa shape index (κ1) is 25.5. The number of fused-ring (bicyclic) bond motifs is 2. The van der Waals surface area contributed by atoms with E-state index in [1.54, 1.807) is 20.3 Å². The molecule has 0 radical (unpaired) electrons. The summed E-state index contributed by atoms with van der Waals surface area (Å²) >= 11 is 0. The van der Waals surface area contributed by atoms with Gasteiger partial charge in [-0.25, -0.2) is 4.79 Å². The Balaban J connectivity index is 1.24. The van der Waals surface area contributed by atoms with Gasteiger partial charge < -0.3 is 23.5 Å². The van der Waals surface area contributed by atoms with E-state index in [0.29, 0.717) is 59.6 Å². The van der Waals surface area contributed by atoms with Gasteiger partial charge in [0.15, 0.2) is 11.5 Å². The molecule has 0 spiro atoms. The first-order valence-corrected chi connectivity index (χ1v) is 14.6. The number of benzene rings is 2. The Morgan fingerprint density at radius 2 is 1.65 bits per heavy atom. The average Bonchev–Trinajstić information content (AvgIpc) is 2.93. The molecule has 7 nitrogen and oxygen atoms in total. The highest BCUT2D eigenvalue weighted by molar-refractivity contribution is 5.84. The molecule has 4 fully saturated rings. The van der Waals surface area contributed by atoms with Crippen molar-refractivity contribution in [2.45, 2.75) is 57.9 Å². The molecule has 1 atom stereocenters. The lowest BCUT2D eigenvalue weighted by atomic mass is 9.49. The van der Waals surface area contributed by atoms with E-state index in [1.165, 1.54) is 25.3 Å². The fourth-order valence-electron chi connectivity index (χ4n) is 8.70. The van der Waals surface area contributed by atoms with Crippen LogP contribution in [0.2, 0.25) is 0 Å². The zero-order valence-electron chi connectivity index (χ0n) is 23.5. The van der Waals surface area contributed by atoms with Gasteiger partial charge >= 0.3 is 5.63 Å². The Labute approximate surface area is 234 Å². The summed E-state index contributed by atoms with van der Waals surface area (Å²) in [5.74, 6) is 4.35. The molecule has 1 aliphatic heterocycles. The number of rotatable bonds is 6. The molecule has 5 aliphatic rings. The number of carbonyl (C=O) groups is 1. The molecule has 3 aromatic rings. The Hall–Kier alpha value is -3.48. The van der Waals surface area contributed by atoms with E-state index in [1.807, 2.05) is 31.2 Å². The van der Waals surface area contributed by atoms with Gasteiger partial charge in [-0.1, -0.05) is 0 Å². The molecule has 8 rings (SSSR count). The van der Waals surface area contributed by atoms with E-state index in [4.69, 9.17) is 18.6 Å². The van der Waals surface area contributed by atoms with Crippen LogP contribution in [-0.4, -0.2) is 38.2 Å². The van der Waals surface area contributed by atoms with Crippen LogP contribution in [0.4, 0.5) is 0 Å². The van der Waals surface area contributed by atoms with E-state index in [0.717, 1.165) is 47.8 Å². The summed E-state index contributed by atoms with van der Waals surface area (Å²) in [7, 11) is 3.29. The van der Waals surface area contributed by atoms with Crippen LogP contribution in [-0.2, 0) is 11.2 Å². The van der Waals surface area contributed by atoms with Gasteiger partial charge in [-0.05, 0) is 111 Å². The van der Waals surface area contributed by atoms with Crippen molar-refractivity contribution in [3.05, 3.63) is 63.5 Å². The molecular formula is C33H37NO6. The smallest absolute Gasteiger partial charge is 0.336 e. The summed E-state index contributed by atoms with van der Waals surface area (Å²) in [6.45, 7) is 2.85. The number of hydrogen-bond donors (Lipinski definition) is 0. The highest BCUT2D eigenvalue weighted by Gasteiger charge is 2.56. The van der Waals surface area contributed by atoms with Gasteiger partial charge in [0.1, 0.15) is 17.9 Å². The fraction of sp³-hybridized carbons (Fsp3) is 0.515. The summed E-state index contributed by atoms with van der Waals surface area (Å²) in [6.07, 6.45) is 7.77. The molecule has 40 heavy (non-hydrogen) atoms. The lowest BCUT2D eigenvalue weighted by Crippen LogP contribution is -2.56. The van der Waals surface area contributed by atoms with Gasteiger partial charge in [-0.3, -0.25) is 4.79 Å². The number of carbonyl (C=O) groups excluding carboxylic acids is 1. The van der Waals surface area contributed by atoms with Crippen molar-refractivity contribution in [1.82, 2.24) is 4.90 Å². The normalized spacial score (nSPS) is 28.4. The van der Waals surface area contributed by atoms with Gasteiger partial charge in [-0.2, -0.15) is 0 Å². The molecule has 0 saturated heterocycles. The maximum Gasteiger partial charge on any atom is 0.336 e.